The average Bonchev–Trinajstić information content (AvgIpc) is 3.14. The number of carbonyl (C=O) groups excluding carboxylic acids is 1. The van der Waals surface area contributed by atoms with Crippen LogP contribution in [0.4, 0.5) is 0 Å². The van der Waals surface area contributed by atoms with E-state index in [1.54, 1.807) is 18.2 Å². The third-order valence-electron chi connectivity index (χ3n) is 6.86. The van der Waals surface area contributed by atoms with Gasteiger partial charge in [-0.15, -0.1) is 0 Å². The standard InChI is InChI=1S/C24H26N2O4/c1-16-2-4-17(5-3-16)13-23-8-10-24(11-9-23,29-15-23)14-25-21(27)18-6-7-19-20(12-18)30-22(28)26-19/h2-7,12H,8-11,13-15H2,1H3,(H,25,27)(H,26,28). The summed E-state index contributed by atoms with van der Waals surface area (Å²) in [6.45, 7) is 3.36. The number of aromatic amines is 1. The summed E-state index contributed by atoms with van der Waals surface area (Å²) in [7, 11) is 0. The Hall–Kier alpha value is -2.86. The Labute approximate surface area is 174 Å². The number of aryl methyl sites for hydroxylation is 1. The Balaban J connectivity index is 1.21. The summed E-state index contributed by atoms with van der Waals surface area (Å²) in [5.74, 6) is -0.700. The van der Waals surface area contributed by atoms with Crippen LogP contribution in [0.5, 0.6) is 0 Å². The fraction of sp³-hybridized carbons (Fsp3) is 0.417. The maximum Gasteiger partial charge on any atom is 0.417 e. The number of carbonyl (C=O) groups is 1. The lowest BCUT2D eigenvalue weighted by atomic mass is 9.63. The zero-order valence-corrected chi connectivity index (χ0v) is 17.1. The molecule has 2 N–H and O–H groups in total. The second kappa shape index (κ2) is 7.13. The summed E-state index contributed by atoms with van der Waals surface area (Å²) in [6.07, 6.45) is 5.22. The van der Waals surface area contributed by atoms with Crippen molar-refractivity contribution in [1.82, 2.24) is 10.3 Å². The van der Waals surface area contributed by atoms with Gasteiger partial charge in [-0.3, -0.25) is 9.78 Å². The molecule has 30 heavy (non-hydrogen) atoms. The summed E-state index contributed by atoms with van der Waals surface area (Å²) in [4.78, 5) is 26.5. The minimum atomic E-state index is -0.520. The van der Waals surface area contributed by atoms with Gasteiger partial charge in [-0.2, -0.15) is 0 Å². The molecule has 0 radical (unpaired) electrons. The van der Waals surface area contributed by atoms with E-state index in [0.717, 1.165) is 38.7 Å². The number of aromatic nitrogens is 1. The van der Waals surface area contributed by atoms with Gasteiger partial charge in [0.15, 0.2) is 5.58 Å². The third-order valence-corrected chi connectivity index (χ3v) is 6.86. The molecule has 1 aliphatic carbocycles. The summed E-state index contributed by atoms with van der Waals surface area (Å²) in [5, 5.41) is 3.03. The normalized spacial score (nSPS) is 25.5. The highest BCUT2D eigenvalue weighted by Crippen LogP contribution is 2.50. The van der Waals surface area contributed by atoms with Crippen LogP contribution in [0.15, 0.2) is 51.7 Å². The number of amides is 1. The zero-order valence-electron chi connectivity index (χ0n) is 17.1. The highest BCUT2D eigenvalue weighted by Gasteiger charge is 2.49. The Bertz CT molecular complexity index is 1120. The number of hydrogen-bond donors (Lipinski definition) is 2. The molecule has 6 rings (SSSR count). The van der Waals surface area contributed by atoms with E-state index in [4.69, 9.17) is 9.15 Å². The smallest absolute Gasteiger partial charge is 0.408 e. The molecule has 0 unspecified atom stereocenters. The van der Waals surface area contributed by atoms with Gasteiger partial charge in [0, 0.05) is 12.1 Å². The number of oxazole rings is 1. The van der Waals surface area contributed by atoms with Crippen molar-refractivity contribution in [3.05, 3.63) is 69.7 Å². The molecule has 156 valence electrons. The van der Waals surface area contributed by atoms with Gasteiger partial charge >= 0.3 is 5.76 Å². The van der Waals surface area contributed by atoms with Crippen molar-refractivity contribution < 1.29 is 13.9 Å². The highest BCUT2D eigenvalue weighted by atomic mass is 16.5. The molecule has 3 aliphatic rings. The lowest BCUT2D eigenvalue weighted by Gasteiger charge is -2.53. The molecule has 3 aromatic rings. The molecule has 0 atom stereocenters. The van der Waals surface area contributed by atoms with E-state index in [2.05, 4.69) is 41.5 Å². The zero-order chi connectivity index (χ0) is 20.8. The van der Waals surface area contributed by atoms with Crippen LogP contribution in [0.3, 0.4) is 0 Å². The minimum Gasteiger partial charge on any atom is -0.408 e. The second-order valence-electron chi connectivity index (χ2n) is 9.04. The Morgan fingerprint density at radius 1 is 1.10 bits per heavy atom. The molecule has 6 heteroatoms. The maximum absolute atomic E-state index is 12.6. The van der Waals surface area contributed by atoms with Crippen LogP contribution in [0.25, 0.3) is 11.1 Å². The van der Waals surface area contributed by atoms with E-state index >= 15 is 0 Å². The Morgan fingerprint density at radius 2 is 1.87 bits per heavy atom. The number of rotatable bonds is 5. The molecule has 2 aliphatic heterocycles. The molecule has 2 saturated heterocycles. The summed E-state index contributed by atoms with van der Waals surface area (Å²) in [5.41, 5.74) is 4.06. The van der Waals surface area contributed by atoms with Gasteiger partial charge in [0.2, 0.25) is 0 Å². The predicted octanol–water partition coefficient (Wildman–Crippen LogP) is 3.73. The van der Waals surface area contributed by atoms with Crippen molar-refractivity contribution >= 4 is 17.0 Å². The van der Waals surface area contributed by atoms with E-state index in [-0.39, 0.29) is 16.9 Å². The molecule has 2 aromatic carbocycles. The predicted molar refractivity (Wildman–Crippen MR) is 114 cm³/mol. The Kier molecular flexibility index (Phi) is 4.54. The van der Waals surface area contributed by atoms with Gasteiger partial charge in [0.1, 0.15) is 0 Å². The number of H-pyrrole nitrogens is 1. The molecule has 2 bridgehead atoms. The maximum atomic E-state index is 12.6. The first-order valence-corrected chi connectivity index (χ1v) is 10.6. The van der Waals surface area contributed by atoms with Crippen LogP contribution in [0.2, 0.25) is 0 Å². The number of hydrogen-bond acceptors (Lipinski definition) is 4. The average molecular weight is 406 g/mol. The first-order chi connectivity index (χ1) is 14.4. The molecule has 1 amide bonds. The van der Waals surface area contributed by atoms with E-state index in [1.165, 1.54) is 11.1 Å². The van der Waals surface area contributed by atoms with Crippen molar-refractivity contribution in [3.8, 4) is 0 Å². The second-order valence-corrected chi connectivity index (χ2v) is 9.04. The first kappa shape index (κ1) is 19.1. The van der Waals surface area contributed by atoms with Crippen LogP contribution in [0.1, 0.15) is 47.2 Å². The van der Waals surface area contributed by atoms with Crippen LogP contribution >= 0.6 is 0 Å². The largest absolute Gasteiger partial charge is 0.417 e. The van der Waals surface area contributed by atoms with Crippen molar-refractivity contribution in [2.45, 2.75) is 44.6 Å². The topological polar surface area (TPSA) is 84.3 Å². The van der Waals surface area contributed by atoms with E-state index in [9.17, 15) is 9.59 Å². The number of ether oxygens (including phenoxy) is 1. The van der Waals surface area contributed by atoms with Crippen LogP contribution in [-0.4, -0.2) is 29.6 Å². The number of nitrogens with one attached hydrogen (secondary N) is 2. The first-order valence-electron chi connectivity index (χ1n) is 10.6. The molecular weight excluding hydrogens is 380 g/mol. The van der Waals surface area contributed by atoms with Crippen LogP contribution in [0, 0.1) is 12.3 Å². The molecule has 6 nitrogen and oxygen atoms in total. The highest BCUT2D eigenvalue weighted by molar-refractivity contribution is 5.97. The van der Waals surface area contributed by atoms with Gasteiger partial charge in [-0.25, -0.2) is 4.79 Å². The third kappa shape index (κ3) is 3.56. The monoisotopic (exact) mass is 406 g/mol. The van der Waals surface area contributed by atoms with Crippen LogP contribution in [-0.2, 0) is 11.2 Å². The van der Waals surface area contributed by atoms with Crippen molar-refractivity contribution in [2.24, 2.45) is 5.41 Å². The minimum absolute atomic E-state index is 0.180. The van der Waals surface area contributed by atoms with Gasteiger partial charge in [-0.05, 0) is 68.2 Å². The van der Waals surface area contributed by atoms with Crippen molar-refractivity contribution in [2.75, 3.05) is 13.2 Å². The molecule has 1 aromatic heterocycles. The Morgan fingerprint density at radius 3 is 2.57 bits per heavy atom. The van der Waals surface area contributed by atoms with Gasteiger partial charge < -0.3 is 14.5 Å². The molecule has 3 heterocycles. The van der Waals surface area contributed by atoms with Gasteiger partial charge in [0.25, 0.3) is 5.91 Å². The molecule has 0 spiro atoms. The molecular formula is C24H26N2O4. The van der Waals surface area contributed by atoms with Crippen molar-refractivity contribution in [1.29, 1.82) is 0 Å². The number of fused-ring (bicyclic) bond motifs is 4. The lowest BCUT2D eigenvalue weighted by molar-refractivity contribution is -0.179. The fourth-order valence-electron chi connectivity index (χ4n) is 4.86. The van der Waals surface area contributed by atoms with E-state index in [1.807, 2.05) is 0 Å². The SMILES string of the molecule is Cc1ccc(CC23CCC(CNC(=O)c4ccc5[nH]c(=O)oc5c4)(CC2)OC3)cc1. The summed E-state index contributed by atoms with van der Waals surface area (Å²) in [6, 6.07) is 13.8. The summed E-state index contributed by atoms with van der Waals surface area (Å²) < 4.78 is 11.4. The fourth-order valence-corrected chi connectivity index (χ4v) is 4.86. The van der Waals surface area contributed by atoms with Gasteiger partial charge in [0.05, 0.1) is 17.7 Å². The van der Waals surface area contributed by atoms with Gasteiger partial charge in [-0.1, -0.05) is 29.8 Å². The quantitative estimate of drug-likeness (QED) is 0.676. The molecule has 3 fully saturated rings. The lowest BCUT2D eigenvalue weighted by Crippen LogP contribution is -2.56. The molecule has 1 saturated carbocycles. The van der Waals surface area contributed by atoms with Crippen molar-refractivity contribution in [3.63, 3.8) is 0 Å². The van der Waals surface area contributed by atoms with E-state index < -0.39 is 5.76 Å². The van der Waals surface area contributed by atoms with Crippen LogP contribution < -0.4 is 11.1 Å². The summed E-state index contributed by atoms with van der Waals surface area (Å²) >= 11 is 0. The number of benzene rings is 2. The van der Waals surface area contributed by atoms with E-state index in [0.29, 0.717) is 23.2 Å².